The van der Waals surface area contributed by atoms with Crippen molar-refractivity contribution in [1.82, 2.24) is 10.6 Å². The first-order chi connectivity index (χ1) is 7.54. The summed E-state index contributed by atoms with van der Waals surface area (Å²) in [7, 11) is 0. The fourth-order valence-corrected chi connectivity index (χ4v) is 1.59. The van der Waals surface area contributed by atoms with Crippen LogP contribution < -0.4 is 10.6 Å². The van der Waals surface area contributed by atoms with Crippen LogP contribution in [0.2, 0.25) is 0 Å². The van der Waals surface area contributed by atoms with Crippen LogP contribution in [0.3, 0.4) is 0 Å². The summed E-state index contributed by atoms with van der Waals surface area (Å²) in [6.45, 7) is 11.3. The highest BCUT2D eigenvalue weighted by Gasteiger charge is 2.23. The molecule has 17 heavy (non-hydrogen) atoms. The first kappa shape index (κ1) is 15.9. The van der Waals surface area contributed by atoms with E-state index >= 15 is 0 Å². The first-order valence-electron chi connectivity index (χ1n) is 5.69. The number of hydrogen-bond donors (Lipinski definition) is 2. The standard InChI is InChI=1S/C12H24N2O3/c1-9(15)13-11(3,4)7-17-8-12(5,6)14-10(2)16/h7-8H2,1-6H3,(H,13,15)(H,14,16). The van der Waals surface area contributed by atoms with Gasteiger partial charge in [0.1, 0.15) is 0 Å². The molecule has 0 atom stereocenters. The molecule has 2 amide bonds. The molecule has 0 aromatic carbocycles. The quantitative estimate of drug-likeness (QED) is 0.727. The van der Waals surface area contributed by atoms with Gasteiger partial charge in [-0.2, -0.15) is 0 Å². The van der Waals surface area contributed by atoms with Crippen molar-refractivity contribution in [2.45, 2.75) is 52.6 Å². The predicted octanol–water partition coefficient (Wildman–Crippen LogP) is 0.832. The van der Waals surface area contributed by atoms with Crippen LogP contribution in [0.1, 0.15) is 41.5 Å². The maximum atomic E-state index is 10.9. The summed E-state index contributed by atoms with van der Waals surface area (Å²) >= 11 is 0. The maximum Gasteiger partial charge on any atom is 0.217 e. The van der Waals surface area contributed by atoms with E-state index in [0.29, 0.717) is 13.2 Å². The van der Waals surface area contributed by atoms with Crippen molar-refractivity contribution in [1.29, 1.82) is 0 Å². The summed E-state index contributed by atoms with van der Waals surface area (Å²) in [5, 5.41) is 5.59. The average molecular weight is 244 g/mol. The molecule has 2 N–H and O–H groups in total. The smallest absolute Gasteiger partial charge is 0.217 e. The fourth-order valence-electron chi connectivity index (χ4n) is 1.59. The Bertz CT molecular complexity index is 257. The van der Waals surface area contributed by atoms with Crippen molar-refractivity contribution in [3.05, 3.63) is 0 Å². The summed E-state index contributed by atoms with van der Waals surface area (Å²) in [6, 6.07) is 0. The van der Waals surface area contributed by atoms with Crippen LogP contribution in [0.15, 0.2) is 0 Å². The van der Waals surface area contributed by atoms with Gasteiger partial charge in [-0.05, 0) is 27.7 Å². The molecule has 0 saturated heterocycles. The minimum absolute atomic E-state index is 0.0836. The summed E-state index contributed by atoms with van der Waals surface area (Å²) in [4.78, 5) is 21.9. The van der Waals surface area contributed by atoms with Gasteiger partial charge in [0.15, 0.2) is 0 Å². The molecule has 0 unspecified atom stereocenters. The van der Waals surface area contributed by atoms with Crippen molar-refractivity contribution in [3.8, 4) is 0 Å². The van der Waals surface area contributed by atoms with Crippen molar-refractivity contribution >= 4 is 11.8 Å². The Morgan fingerprint density at radius 1 is 0.882 bits per heavy atom. The lowest BCUT2D eigenvalue weighted by Gasteiger charge is -2.29. The van der Waals surface area contributed by atoms with Gasteiger partial charge in [-0.1, -0.05) is 0 Å². The molecule has 0 aromatic rings. The number of carbonyl (C=O) groups excluding carboxylic acids is 2. The van der Waals surface area contributed by atoms with Crippen LogP contribution in [0.4, 0.5) is 0 Å². The lowest BCUT2D eigenvalue weighted by molar-refractivity contribution is -0.121. The number of carbonyl (C=O) groups is 2. The van der Waals surface area contributed by atoms with Gasteiger partial charge in [0.25, 0.3) is 0 Å². The Kier molecular flexibility index (Phi) is 5.61. The molecule has 0 aromatic heterocycles. The number of hydrogen-bond acceptors (Lipinski definition) is 3. The van der Waals surface area contributed by atoms with Crippen molar-refractivity contribution in [2.75, 3.05) is 13.2 Å². The molecule has 0 rings (SSSR count). The molecule has 0 aliphatic rings. The van der Waals surface area contributed by atoms with E-state index in [2.05, 4.69) is 10.6 Å². The molecule has 0 radical (unpaired) electrons. The number of amides is 2. The van der Waals surface area contributed by atoms with Gasteiger partial charge in [0.2, 0.25) is 11.8 Å². The second-order valence-electron chi connectivity index (χ2n) is 5.62. The normalized spacial score (nSPS) is 12.1. The minimum atomic E-state index is -0.405. The largest absolute Gasteiger partial charge is 0.377 e. The Morgan fingerprint density at radius 3 is 1.41 bits per heavy atom. The third kappa shape index (κ3) is 8.68. The molecule has 100 valence electrons. The molecular formula is C12H24N2O3. The molecule has 0 bridgehead atoms. The molecule has 5 heteroatoms. The van der Waals surface area contributed by atoms with Crippen molar-refractivity contribution in [3.63, 3.8) is 0 Å². The molecule has 5 nitrogen and oxygen atoms in total. The van der Waals surface area contributed by atoms with E-state index in [1.54, 1.807) is 0 Å². The predicted molar refractivity (Wildman–Crippen MR) is 66.6 cm³/mol. The maximum absolute atomic E-state index is 10.9. The molecule has 0 saturated carbocycles. The minimum Gasteiger partial charge on any atom is -0.377 e. The van der Waals surface area contributed by atoms with Gasteiger partial charge in [-0.15, -0.1) is 0 Å². The lowest BCUT2D eigenvalue weighted by atomic mass is 10.1. The SMILES string of the molecule is CC(=O)NC(C)(C)COCC(C)(C)NC(C)=O. The molecule has 0 spiro atoms. The van der Waals surface area contributed by atoms with E-state index in [4.69, 9.17) is 4.74 Å². The molecule has 0 aliphatic heterocycles. The molecule has 0 aliphatic carbocycles. The molecule has 0 fully saturated rings. The van der Waals surface area contributed by atoms with Crippen molar-refractivity contribution in [2.24, 2.45) is 0 Å². The van der Waals surface area contributed by atoms with E-state index in [-0.39, 0.29) is 11.8 Å². The first-order valence-corrected chi connectivity index (χ1v) is 5.69. The second-order valence-corrected chi connectivity index (χ2v) is 5.62. The zero-order chi connectivity index (χ0) is 13.7. The number of nitrogens with one attached hydrogen (secondary N) is 2. The highest BCUT2D eigenvalue weighted by molar-refractivity contribution is 5.74. The second kappa shape index (κ2) is 6.00. The topological polar surface area (TPSA) is 67.4 Å². The van der Waals surface area contributed by atoms with Gasteiger partial charge >= 0.3 is 0 Å². The third-order valence-corrected chi connectivity index (χ3v) is 1.95. The Morgan fingerprint density at radius 2 is 1.18 bits per heavy atom. The average Bonchev–Trinajstić information content (AvgIpc) is 1.96. The van der Waals surface area contributed by atoms with Crippen molar-refractivity contribution < 1.29 is 14.3 Å². The Balaban J connectivity index is 4.05. The van der Waals surface area contributed by atoms with E-state index in [1.807, 2.05) is 27.7 Å². The Hall–Kier alpha value is -1.10. The lowest BCUT2D eigenvalue weighted by Crippen LogP contribution is -2.49. The van der Waals surface area contributed by atoms with Crippen LogP contribution in [0.25, 0.3) is 0 Å². The highest BCUT2D eigenvalue weighted by Crippen LogP contribution is 2.07. The van der Waals surface area contributed by atoms with Crippen LogP contribution >= 0.6 is 0 Å². The summed E-state index contributed by atoms with van der Waals surface area (Å²) in [5.41, 5.74) is -0.809. The summed E-state index contributed by atoms with van der Waals surface area (Å²) < 4.78 is 5.54. The van der Waals surface area contributed by atoms with Gasteiger partial charge < -0.3 is 15.4 Å². The van der Waals surface area contributed by atoms with Gasteiger partial charge in [0, 0.05) is 13.8 Å². The van der Waals surface area contributed by atoms with Crippen LogP contribution in [-0.4, -0.2) is 36.1 Å². The van der Waals surface area contributed by atoms with Crippen LogP contribution in [0.5, 0.6) is 0 Å². The van der Waals surface area contributed by atoms with Gasteiger partial charge in [0.05, 0.1) is 24.3 Å². The van der Waals surface area contributed by atoms with E-state index in [1.165, 1.54) is 13.8 Å². The third-order valence-electron chi connectivity index (χ3n) is 1.95. The van der Waals surface area contributed by atoms with Crippen LogP contribution in [0, 0.1) is 0 Å². The van der Waals surface area contributed by atoms with Crippen LogP contribution in [-0.2, 0) is 14.3 Å². The Labute approximate surface area is 103 Å². The van der Waals surface area contributed by atoms with E-state index in [9.17, 15) is 9.59 Å². The summed E-state index contributed by atoms with van der Waals surface area (Å²) in [6.07, 6.45) is 0. The van der Waals surface area contributed by atoms with E-state index < -0.39 is 11.1 Å². The molecule has 0 heterocycles. The van der Waals surface area contributed by atoms with Gasteiger partial charge in [-0.3, -0.25) is 9.59 Å². The monoisotopic (exact) mass is 244 g/mol. The van der Waals surface area contributed by atoms with Gasteiger partial charge in [-0.25, -0.2) is 0 Å². The number of rotatable bonds is 6. The zero-order valence-electron chi connectivity index (χ0n) is 11.6. The van der Waals surface area contributed by atoms with E-state index in [0.717, 1.165) is 0 Å². The zero-order valence-corrected chi connectivity index (χ0v) is 11.6. The summed E-state index contributed by atoms with van der Waals surface area (Å²) in [5.74, 6) is -0.167. The number of ether oxygens (including phenoxy) is 1. The highest BCUT2D eigenvalue weighted by atomic mass is 16.5. The molecular weight excluding hydrogens is 220 g/mol. The fraction of sp³-hybridized carbons (Fsp3) is 0.833.